The Bertz CT molecular complexity index is 1830. The van der Waals surface area contributed by atoms with Crippen LogP contribution in [0.5, 0.6) is 17.2 Å². The standard InChI is InChI=1S/C38H39NO7S/c1-27(2)34-23-38(20-9-21-39(25-38)47(42,43)32-17-14-29(15-18-32)28-10-5-3-6-11-28)26-45-37(34)33-22-31(46-30-12-7-4-8-13-30)16-19-35(33)44-24-36(40)41/h3-8,10-19,22,34,37H,1,9,20-21,23-26H2,2H3,(H,40,41)/t34-,37-,38+/m1/s1. The molecule has 47 heavy (non-hydrogen) atoms. The summed E-state index contributed by atoms with van der Waals surface area (Å²) in [4.78, 5) is 11.7. The molecule has 4 aromatic carbocycles. The number of sulfonamides is 1. The molecule has 0 radical (unpaired) electrons. The highest BCUT2D eigenvalue weighted by Gasteiger charge is 2.47. The third kappa shape index (κ3) is 7.27. The second kappa shape index (κ2) is 13.7. The zero-order valence-electron chi connectivity index (χ0n) is 26.4. The molecule has 2 heterocycles. The fourth-order valence-electron chi connectivity index (χ4n) is 6.71. The van der Waals surface area contributed by atoms with Crippen molar-refractivity contribution < 1.29 is 32.5 Å². The van der Waals surface area contributed by atoms with Gasteiger partial charge in [0.25, 0.3) is 0 Å². The molecule has 2 saturated heterocycles. The van der Waals surface area contributed by atoms with Crippen molar-refractivity contribution in [2.75, 3.05) is 26.3 Å². The molecule has 4 aromatic rings. The van der Waals surface area contributed by atoms with Gasteiger partial charge in [-0.2, -0.15) is 4.31 Å². The van der Waals surface area contributed by atoms with Crippen LogP contribution in [0.4, 0.5) is 0 Å². The SMILES string of the molecule is C=C(C)[C@H]1C[C@]2(CCCN(S(=O)(=O)c3ccc(-c4ccccc4)cc3)C2)CO[C@@H]1c1cc(Oc2ccccc2)ccc1OCC(=O)O. The first-order valence-electron chi connectivity index (χ1n) is 15.8. The normalized spacial score (nSPS) is 21.6. The van der Waals surface area contributed by atoms with E-state index < -0.39 is 34.1 Å². The topological polar surface area (TPSA) is 102 Å². The summed E-state index contributed by atoms with van der Waals surface area (Å²) in [5, 5.41) is 9.32. The summed E-state index contributed by atoms with van der Waals surface area (Å²) in [6.45, 7) is 6.87. The van der Waals surface area contributed by atoms with E-state index in [9.17, 15) is 18.3 Å². The molecule has 1 spiro atoms. The van der Waals surface area contributed by atoms with E-state index >= 15 is 0 Å². The van der Waals surface area contributed by atoms with Gasteiger partial charge in [0, 0.05) is 30.0 Å². The van der Waals surface area contributed by atoms with E-state index in [-0.39, 0.29) is 10.8 Å². The van der Waals surface area contributed by atoms with E-state index in [1.54, 1.807) is 28.6 Å². The van der Waals surface area contributed by atoms with E-state index in [2.05, 4.69) is 6.58 Å². The molecule has 0 saturated carbocycles. The quantitative estimate of drug-likeness (QED) is 0.175. The summed E-state index contributed by atoms with van der Waals surface area (Å²) in [5.41, 5.74) is 3.14. The molecule has 0 aliphatic carbocycles. The Kier molecular flexibility index (Phi) is 9.50. The van der Waals surface area contributed by atoms with Crippen LogP contribution in [0.1, 0.15) is 37.9 Å². The van der Waals surface area contributed by atoms with Crippen LogP contribution in [0.25, 0.3) is 11.1 Å². The lowest BCUT2D eigenvalue weighted by Gasteiger charge is -2.49. The molecule has 6 rings (SSSR count). The summed E-state index contributed by atoms with van der Waals surface area (Å²) >= 11 is 0. The number of rotatable bonds is 10. The molecule has 0 unspecified atom stereocenters. The number of carboxylic acids is 1. The molecule has 244 valence electrons. The maximum Gasteiger partial charge on any atom is 0.341 e. The average Bonchev–Trinajstić information content (AvgIpc) is 3.08. The van der Waals surface area contributed by atoms with Crippen molar-refractivity contribution in [2.24, 2.45) is 11.3 Å². The van der Waals surface area contributed by atoms with Crippen LogP contribution in [0.2, 0.25) is 0 Å². The Morgan fingerprint density at radius 1 is 0.957 bits per heavy atom. The fourth-order valence-corrected chi connectivity index (χ4v) is 8.30. The van der Waals surface area contributed by atoms with Crippen LogP contribution in [0.3, 0.4) is 0 Å². The lowest BCUT2D eigenvalue weighted by atomic mass is 9.69. The minimum absolute atomic E-state index is 0.171. The van der Waals surface area contributed by atoms with Crippen LogP contribution >= 0.6 is 0 Å². The number of aliphatic carboxylic acids is 1. The number of carboxylic acid groups (broad SMARTS) is 1. The highest BCUT2D eigenvalue weighted by Crippen LogP contribution is 2.51. The second-order valence-corrected chi connectivity index (χ2v) is 14.5. The van der Waals surface area contributed by atoms with Gasteiger partial charge in [-0.1, -0.05) is 72.8 Å². The minimum atomic E-state index is -3.73. The summed E-state index contributed by atoms with van der Waals surface area (Å²) in [6, 6.07) is 31.6. The smallest absolute Gasteiger partial charge is 0.341 e. The van der Waals surface area contributed by atoms with Gasteiger partial charge in [-0.15, -0.1) is 0 Å². The van der Waals surface area contributed by atoms with Crippen molar-refractivity contribution in [3.63, 3.8) is 0 Å². The lowest BCUT2D eigenvalue weighted by molar-refractivity contribution is -0.139. The Hall–Kier alpha value is -4.44. The number of ether oxygens (including phenoxy) is 3. The molecule has 3 atom stereocenters. The number of hydrogen-bond donors (Lipinski definition) is 1. The Morgan fingerprint density at radius 2 is 1.64 bits per heavy atom. The molecule has 2 aliphatic rings. The molecular formula is C38H39NO7S. The zero-order valence-corrected chi connectivity index (χ0v) is 27.2. The van der Waals surface area contributed by atoms with Gasteiger partial charge in [0.2, 0.25) is 10.0 Å². The first kappa shape index (κ1) is 32.5. The molecule has 9 heteroatoms. The summed E-state index contributed by atoms with van der Waals surface area (Å²) in [6.07, 6.45) is 1.71. The van der Waals surface area contributed by atoms with E-state index in [0.717, 1.165) is 23.1 Å². The number of hydrogen-bond acceptors (Lipinski definition) is 6. The van der Waals surface area contributed by atoms with Crippen molar-refractivity contribution in [3.8, 4) is 28.4 Å². The third-order valence-corrected chi connectivity index (χ3v) is 10.9. The predicted octanol–water partition coefficient (Wildman–Crippen LogP) is 7.73. The third-order valence-electron chi connectivity index (χ3n) is 9.06. The molecular weight excluding hydrogens is 614 g/mol. The summed E-state index contributed by atoms with van der Waals surface area (Å²) in [7, 11) is -3.73. The number of carbonyl (C=O) groups is 1. The molecule has 8 nitrogen and oxygen atoms in total. The maximum absolute atomic E-state index is 13.9. The van der Waals surface area contributed by atoms with Gasteiger partial charge in [0.15, 0.2) is 6.61 Å². The van der Waals surface area contributed by atoms with Crippen LogP contribution in [-0.4, -0.2) is 50.1 Å². The molecule has 1 N–H and O–H groups in total. The molecule has 0 amide bonds. The average molecular weight is 654 g/mol. The zero-order chi connectivity index (χ0) is 33.0. The van der Waals surface area contributed by atoms with Gasteiger partial charge in [-0.25, -0.2) is 13.2 Å². The minimum Gasteiger partial charge on any atom is -0.482 e. The van der Waals surface area contributed by atoms with Gasteiger partial charge >= 0.3 is 5.97 Å². The molecule has 0 aromatic heterocycles. The van der Waals surface area contributed by atoms with Gasteiger partial charge < -0.3 is 19.3 Å². The summed E-state index contributed by atoms with van der Waals surface area (Å²) in [5.74, 6) is 0.364. The van der Waals surface area contributed by atoms with Crippen LogP contribution in [-0.2, 0) is 19.6 Å². The Labute approximate surface area is 276 Å². The number of nitrogens with zero attached hydrogens (tertiary/aromatic N) is 1. The highest BCUT2D eigenvalue weighted by molar-refractivity contribution is 7.89. The number of benzene rings is 4. The van der Waals surface area contributed by atoms with E-state index in [1.165, 1.54) is 0 Å². The number of piperidine rings is 1. The van der Waals surface area contributed by atoms with E-state index in [4.69, 9.17) is 14.2 Å². The Balaban J connectivity index is 1.24. The largest absolute Gasteiger partial charge is 0.482 e. The van der Waals surface area contributed by atoms with Crippen molar-refractivity contribution >= 4 is 16.0 Å². The Morgan fingerprint density at radius 3 is 2.32 bits per heavy atom. The van der Waals surface area contributed by atoms with Crippen molar-refractivity contribution in [1.82, 2.24) is 4.31 Å². The molecule has 2 fully saturated rings. The van der Waals surface area contributed by atoms with Crippen molar-refractivity contribution in [2.45, 2.75) is 37.2 Å². The lowest BCUT2D eigenvalue weighted by Crippen LogP contribution is -2.51. The monoisotopic (exact) mass is 653 g/mol. The summed E-state index contributed by atoms with van der Waals surface area (Å²) < 4.78 is 47.9. The fraction of sp³-hybridized carbons (Fsp3) is 0.289. The molecule has 0 bridgehead atoms. The second-order valence-electron chi connectivity index (χ2n) is 12.5. The van der Waals surface area contributed by atoms with E-state index in [1.807, 2.05) is 85.8 Å². The predicted molar refractivity (Wildman–Crippen MR) is 180 cm³/mol. The first-order chi connectivity index (χ1) is 22.6. The van der Waals surface area contributed by atoms with Crippen LogP contribution < -0.4 is 9.47 Å². The first-order valence-corrected chi connectivity index (χ1v) is 17.2. The van der Waals surface area contributed by atoms with Crippen molar-refractivity contribution in [3.05, 3.63) is 121 Å². The maximum atomic E-state index is 13.9. The highest BCUT2D eigenvalue weighted by atomic mass is 32.2. The van der Waals surface area contributed by atoms with Crippen molar-refractivity contribution in [1.29, 1.82) is 0 Å². The molecule has 2 aliphatic heterocycles. The number of para-hydroxylation sites is 1. The van der Waals surface area contributed by atoms with Gasteiger partial charge in [0.05, 0.1) is 17.6 Å². The van der Waals surface area contributed by atoms with Crippen LogP contribution in [0.15, 0.2) is 120 Å². The van der Waals surface area contributed by atoms with Gasteiger partial charge in [0.1, 0.15) is 17.2 Å². The van der Waals surface area contributed by atoms with Crippen LogP contribution in [0, 0.1) is 11.3 Å². The van der Waals surface area contributed by atoms with E-state index in [0.29, 0.717) is 55.4 Å². The van der Waals surface area contributed by atoms with Gasteiger partial charge in [-0.05, 0) is 79.8 Å². The van der Waals surface area contributed by atoms with Gasteiger partial charge in [-0.3, -0.25) is 0 Å².